The molecule has 2 atom stereocenters. The van der Waals surface area contributed by atoms with Gasteiger partial charge in [-0.25, -0.2) is 9.07 Å². The van der Waals surface area contributed by atoms with E-state index in [4.69, 9.17) is 4.74 Å². The number of carbonyl (C=O) groups excluding carboxylic acids is 1. The molecule has 0 radical (unpaired) electrons. The molecule has 1 aromatic heterocycles. The molecule has 21 heavy (non-hydrogen) atoms. The van der Waals surface area contributed by atoms with Crippen molar-refractivity contribution in [3.63, 3.8) is 0 Å². The van der Waals surface area contributed by atoms with Gasteiger partial charge in [0.15, 0.2) is 0 Å². The lowest BCUT2D eigenvalue weighted by molar-refractivity contribution is -0.145. The second-order valence-electron chi connectivity index (χ2n) is 4.68. The summed E-state index contributed by atoms with van der Waals surface area (Å²) in [7, 11) is 1.30. The Bertz CT molecular complexity index is 713. The summed E-state index contributed by atoms with van der Waals surface area (Å²) in [6.45, 7) is 3.85. The average molecular weight is 288 g/mol. The lowest BCUT2D eigenvalue weighted by Gasteiger charge is -2.32. The second-order valence-corrected chi connectivity index (χ2v) is 4.68. The van der Waals surface area contributed by atoms with Crippen LogP contribution in [0, 0.1) is 11.7 Å². The highest BCUT2D eigenvalue weighted by molar-refractivity contribution is 5.78. The average Bonchev–Trinajstić information content (AvgIpc) is 2.92. The first-order valence-electron chi connectivity index (χ1n) is 6.30. The Balaban J connectivity index is 2.16. The number of benzene rings is 1. The third kappa shape index (κ3) is 2.16. The molecule has 0 fully saturated rings. The molecule has 108 valence electrons. The van der Waals surface area contributed by atoms with Crippen LogP contribution in [0.3, 0.4) is 0 Å². The molecule has 0 aliphatic carbocycles. The molecule has 1 N–H and O–H groups in total. The van der Waals surface area contributed by atoms with Crippen molar-refractivity contribution >= 4 is 11.9 Å². The number of nitrogens with one attached hydrogen (secondary N) is 1. The van der Waals surface area contributed by atoms with Crippen molar-refractivity contribution in [3.05, 3.63) is 54.2 Å². The van der Waals surface area contributed by atoms with Gasteiger partial charge in [0.2, 0.25) is 5.95 Å². The molecule has 3 rings (SSSR count). The number of esters is 1. The SMILES string of the molecule is C=C1Nc2ncnn2[C@@H](c2cccc(F)c2)[C@@H]1C(=O)OC. The van der Waals surface area contributed by atoms with Crippen molar-refractivity contribution in [1.82, 2.24) is 14.8 Å². The molecular weight excluding hydrogens is 275 g/mol. The van der Waals surface area contributed by atoms with E-state index >= 15 is 0 Å². The number of aromatic nitrogens is 3. The first-order valence-corrected chi connectivity index (χ1v) is 6.30. The Kier molecular flexibility index (Phi) is 3.17. The van der Waals surface area contributed by atoms with Crippen LogP contribution in [0.25, 0.3) is 0 Å². The Morgan fingerprint density at radius 2 is 2.33 bits per heavy atom. The molecule has 6 nitrogen and oxygen atoms in total. The molecule has 0 amide bonds. The highest BCUT2D eigenvalue weighted by atomic mass is 19.1. The van der Waals surface area contributed by atoms with Gasteiger partial charge in [0.25, 0.3) is 0 Å². The van der Waals surface area contributed by atoms with E-state index in [9.17, 15) is 9.18 Å². The molecule has 0 spiro atoms. The number of carbonyl (C=O) groups is 1. The quantitative estimate of drug-likeness (QED) is 0.852. The molecule has 2 heterocycles. The summed E-state index contributed by atoms with van der Waals surface area (Å²) in [6, 6.07) is 5.47. The Labute approximate surface area is 120 Å². The highest BCUT2D eigenvalue weighted by Crippen LogP contribution is 2.37. The summed E-state index contributed by atoms with van der Waals surface area (Å²) < 4.78 is 19.9. The van der Waals surface area contributed by atoms with Crippen LogP contribution < -0.4 is 5.32 Å². The molecular formula is C14H13FN4O2. The first kappa shape index (κ1) is 13.3. The van der Waals surface area contributed by atoms with Gasteiger partial charge in [-0.1, -0.05) is 18.7 Å². The van der Waals surface area contributed by atoms with E-state index in [0.29, 0.717) is 17.2 Å². The minimum atomic E-state index is -0.717. The lowest BCUT2D eigenvalue weighted by Crippen LogP contribution is -2.37. The van der Waals surface area contributed by atoms with Gasteiger partial charge in [0.05, 0.1) is 13.2 Å². The van der Waals surface area contributed by atoms with E-state index < -0.39 is 17.9 Å². The van der Waals surface area contributed by atoms with Gasteiger partial charge in [-0.3, -0.25) is 4.79 Å². The van der Waals surface area contributed by atoms with Crippen molar-refractivity contribution in [3.8, 4) is 0 Å². The zero-order valence-electron chi connectivity index (χ0n) is 11.3. The van der Waals surface area contributed by atoms with E-state index in [-0.39, 0.29) is 5.82 Å². The molecule has 2 aromatic rings. The zero-order chi connectivity index (χ0) is 15.0. The van der Waals surface area contributed by atoms with Crippen molar-refractivity contribution < 1.29 is 13.9 Å². The highest BCUT2D eigenvalue weighted by Gasteiger charge is 2.40. The normalized spacial score (nSPS) is 20.6. The number of methoxy groups -OCH3 is 1. The largest absolute Gasteiger partial charge is 0.468 e. The van der Waals surface area contributed by atoms with E-state index in [1.165, 1.54) is 30.3 Å². The summed E-state index contributed by atoms with van der Waals surface area (Å²) in [6.07, 6.45) is 1.36. The standard InChI is InChI=1S/C14H13FN4O2/c1-8-11(13(20)21-2)12(9-4-3-5-10(15)6-9)19-14(18-8)16-7-17-19/h3-7,11-12H,1H2,2H3,(H,16,17,18)/t11-,12+/m1/s1. The van der Waals surface area contributed by atoms with E-state index in [2.05, 4.69) is 22.0 Å². The van der Waals surface area contributed by atoms with Crippen molar-refractivity contribution in [1.29, 1.82) is 0 Å². The molecule has 1 aliphatic rings. The molecule has 0 unspecified atom stereocenters. The molecule has 7 heteroatoms. The molecule has 1 aliphatic heterocycles. The minimum Gasteiger partial charge on any atom is -0.468 e. The fourth-order valence-corrected chi connectivity index (χ4v) is 2.52. The van der Waals surface area contributed by atoms with Crippen LogP contribution in [-0.2, 0) is 9.53 Å². The van der Waals surface area contributed by atoms with Crippen LogP contribution in [0.5, 0.6) is 0 Å². The van der Waals surface area contributed by atoms with Crippen molar-refractivity contribution in [2.75, 3.05) is 12.4 Å². The van der Waals surface area contributed by atoms with Crippen molar-refractivity contribution in [2.45, 2.75) is 6.04 Å². The van der Waals surface area contributed by atoms with Crippen LogP contribution in [0.4, 0.5) is 10.3 Å². The fraction of sp³-hybridized carbons (Fsp3) is 0.214. The maximum Gasteiger partial charge on any atom is 0.317 e. The number of hydrogen-bond donors (Lipinski definition) is 1. The van der Waals surface area contributed by atoms with Gasteiger partial charge in [-0.15, -0.1) is 0 Å². The van der Waals surface area contributed by atoms with Crippen molar-refractivity contribution in [2.24, 2.45) is 5.92 Å². The number of rotatable bonds is 2. The zero-order valence-corrected chi connectivity index (χ0v) is 11.3. The van der Waals surface area contributed by atoms with E-state index in [1.54, 1.807) is 12.1 Å². The smallest absolute Gasteiger partial charge is 0.317 e. The van der Waals surface area contributed by atoms with Gasteiger partial charge >= 0.3 is 5.97 Å². The molecule has 0 saturated heterocycles. The summed E-state index contributed by atoms with van der Waals surface area (Å²) in [5.74, 6) is -1.12. The van der Waals surface area contributed by atoms with Crippen LogP contribution in [0.1, 0.15) is 11.6 Å². The predicted molar refractivity (Wildman–Crippen MR) is 72.8 cm³/mol. The molecule has 1 aromatic carbocycles. The van der Waals surface area contributed by atoms with Gasteiger partial charge in [0, 0.05) is 5.70 Å². The number of halogens is 1. The number of anilines is 1. The number of fused-ring (bicyclic) bond motifs is 1. The predicted octanol–water partition coefficient (Wildman–Crippen LogP) is 1.73. The monoisotopic (exact) mass is 288 g/mol. The maximum atomic E-state index is 13.5. The van der Waals surface area contributed by atoms with Crippen LogP contribution in [0.15, 0.2) is 42.9 Å². The van der Waals surface area contributed by atoms with Gasteiger partial charge in [0.1, 0.15) is 18.1 Å². The van der Waals surface area contributed by atoms with Gasteiger partial charge in [-0.05, 0) is 17.7 Å². The van der Waals surface area contributed by atoms with Gasteiger partial charge in [-0.2, -0.15) is 10.1 Å². The summed E-state index contributed by atoms with van der Waals surface area (Å²) in [5, 5.41) is 7.04. The van der Waals surface area contributed by atoms with E-state index in [1.807, 2.05) is 0 Å². The third-order valence-corrected chi connectivity index (χ3v) is 3.45. The fourth-order valence-electron chi connectivity index (χ4n) is 2.52. The van der Waals surface area contributed by atoms with Crippen LogP contribution >= 0.6 is 0 Å². The topological polar surface area (TPSA) is 69.0 Å². The Hall–Kier alpha value is -2.70. The van der Waals surface area contributed by atoms with E-state index in [0.717, 1.165) is 0 Å². The third-order valence-electron chi connectivity index (χ3n) is 3.45. The molecule has 0 bridgehead atoms. The summed E-state index contributed by atoms with van der Waals surface area (Å²) >= 11 is 0. The van der Waals surface area contributed by atoms with Crippen LogP contribution in [-0.4, -0.2) is 27.8 Å². The number of nitrogens with zero attached hydrogens (tertiary/aromatic N) is 3. The summed E-state index contributed by atoms with van der Waals surface area (Å²) in [4.78, 5) is 16.2. The second kappa shape index (κ2) is 5.01. The number of ether oxygens (including phenoxy) is 1. The summed E-state index contributed by atoms with van der Waals surface area (Å²) in [5.41, 5.74) is 1.04. The number of hydrogen-bond acceptors (Lipinski definition) is 5. The Morgan fingerprint density at radius 1 is 1.52 bits per heavy atom. The first-order chi connectivity index (χ1) is 10.1. The maximum absolute atomic E-state index is 13.5. The Morgan fingerprint density at radius 3 is 3.05 bits per heavy atom. The lowest BCUT2D eigenvalue weighted by atomic mass is 9.89. The van der Waals surface area contributed by atoms with Crippen LogP contribution in [0.2, 0.25) is 0 Å². The van der Waals surface area contributed by atoms with Gasteiger partial charge < -0.3 is 10.1 Å². The molecule has 0 saturated carbocycles. The minimum absolute atomic E-state index is 0.387.